The number of nitrogens with zero attached hydrogens (tertiary/aromatic N) is 1. The summed E-state index contributed by atoms with van der Waals surface area (Å²) in [5, 5.41) is 6.39. The molecule has 0 saturated carbocycles. The fraction of sp³-hybridized carbons (Fsp3) is 0.657. The molecule has 1 aromatic heterocycles. The Bertz CT molecular complexity index is 1360. The summed E-state index contributed by atoms with van der Waals surface area (Å²) in [6.45, 7) is 12.3. The van der Waals surface area contributed by atoms with Gasteiger partial charge in [-0.15, -0.1) is 11.3 Å². The third-order valence-electron chi connectivity index (χ3n) is 8.61. The Morgan fingerprint density at radius 2 is 1.64 bits per heavy atom. The van der Waals surface area contributed by atoms with Crippen molar-refractivity contribution in [1.29, 1.82) is 0 Å². The van der Waals surface area contributed by atoms with Crippen molar-refractivity contribution >= 4 is 51.0 Å². The average Bonchev–Trinajstić information content (AvgIpc) is 3.43. The first kappa shape index (κ1) is 39.8. The highest BCUT2D eigenvalue weighted by molar-refractivity contribution is 7.18. The Morgan fingerprint density at radius 1 is 0.957 bits per heavy atom. The summed E-state index contributed by atoms with van der Waals surface area (Å²) in [5.41, 5.74) is 13.3. The van der Waals surface area contributed by atoms with Gasteiger partial charge in [-0.25, -0.2) is 4.98 Å². The van der Waals surface area contributed by atoms with Crippen molar-refractivity contribution in [3.8, 4) is 0 Å². The van der Waals surface area contributed by atoms with Gasteiger partial charge in [0, 0.05) is 18.8 Å². The quantitative estimate of drug-likeness (QED) is 0.111. The molecule has 0 radical (unpaired) electrons. The van der Waals surface area contributed by atoms with Gasteiger partial charge in [-0.3, -0.25) is 24.0 Å². The number of methoxy groups -OCH3 is 1. The number of nitrogens with two attached hydrogens (primary N) is 2. The molecule has 6 N–H and O–H groups in total. The van der Waals surface area contributed by atoms with E-state index in [4.69, 9.17) is 21.2 Å². The summed E-state index contributed by atoms with van der Waals surface area (Å²) >= 11 is 1.48. The molecule has 0 saturated heterocycles. The van der Waals surface area contributed by atoms with E-state index in [1.807, 2.05) is 39.8 Å². The van der Waals surface area contributed by atoms with Crippen molar-refractivity contribution in [2.24, 2.45) is 35.1 Å². The van der Waals surface area contributed by atoms with Gasteiger partial charge in [-0.1, -0.05) is 60.5 Å². The second-order valence-corrected chi connectivity index (χ2v) is 14.4. The van der Waals surface area contributed by atoms with E-state index in [-0.39, 0.29) is 36.9 Å². The van der Waals surface area contributed by atoms with Gasteiger partial charge in [-0.05, 0) is 61.3 Å². The number of amides is 3. The van der Waals surface area contributed by atoms with Gasteiger partial charge in [0.2, 0.25) is 17.7 Å². The predicted molar refractivity (Wildman–Crippen MR) is 186 cm³/mol. The Hall–Kier alpha value is -3.38. The maximum atomic E-state index is 13.9. The number of benzene rings is 1. The molecule has 0 bridgehead atoms. The van der Waals surface area contributed by atoms with Gasteiger partial charge in [0.25, 0.3) is 0 Å². The highest BCUT2D eigenvalue weighted by Crippen LogP contribution is 2.29. The third kappa shape index (κ3) is 12.6. The summed E-state index contributed by atoms with van der Waals surface area (Å²) in [5.74, 6) is -3.65. The van der Waals surface area contributed by atoms with Crippen LogP contribution < -0.4 is 22.1 Å². The van der Waals surface area contributed by atoms with Crippen molar-refractivity contribution in [3.05, 3.63) is 28.8 Å². The Balaban J connectivity index is 2.30. The molecule has 0 fully saturated rings. The summed E-state index contributed by atoms with van der Waals surface area (Å²) in [7, 11) is 1.27. The number of rotatable bonds is 21. The standard InChI is InChI=1S/C35H55N5O6S/c1-8-22(6)32(28(41)16-24(11-9-10-14-36)34(44)39-27(33(37)43)15-20(2)3)40-35(45)25(19-31(42)46-7)18-30-38-26-13-12-23(21(4)5)17-29(26)47-30/h12-13,17,20-22,24-25,27,32H,8-11,14-16,18-19,36H2,1-7H3,(H2,37,43)(H,39,44)(H,40,45)/t22-,24+,25+,27-,32-/m0/s1. The lowest BCUT2D eigenvalue weighted by molar-refractivity contribution is -0.144. The number of esters is 1. The van der Waals surface area contributed by atoms with E-state index in [9.17, 15) is 24.0 Å². The third-order valence-corrected chi connectivity index (χ3v) is 9.65. The van der Waals surface area contributed by atoms with Crippen LogP contribution in [0, 0.1) is 23.7 Å². The molecule has 1 heterocycles. The molecule has 0 aliphatic rings. The molecule has 262 valence electrons. The monoisotopic (exact) mass is 673 g/mol. The number of fused-ring (bicyclic) bond motifs is 1. The zero-order valence-corrected chi connectivity index (χ0v) is 29.9. The number of aromatic nitrogens is 1. The maximum absolute atomic E-state index is 13.9. The van der Waals surface area contributed by atoms with E-state index in [0.717, 1.165) is 10.2 Å². The summed E-state index contributed by atoms with van der Waals surface area (Å²) in [6, 6.07) is 4.37. The molecule has 3 amide bonds. The summed E-state index contributed by atoms with van der Waals surface area (Å²) in [6.07, 6.45) is 2.56. The molecule has 2 rings (SSSR count). The first-order valence-electron chi connectivity index (χ1n) is 16.8. The second-order valence-electron chi connectivity index (χ2n) is 13.3. The lowest BCUT2D eigenvalue weighted by Crippen LogP contribution is -2.50. The number of carbonyl (C=O) groups excluding carboxylic acids is 5. The van der Waals surface area contributed by atoms with E-state index in [0.29, 0.717) is 49.6 Å². The van der Waals surface area contributed by atoms with Crippen LogP contribution in [0.15, 0.2) is 18.2 Å². The number of nitrogens with one attached hydrogen (secondary N) is 2. The lowest BCUT2D eigenvalue weighted by Gasteiger charge is -2.27. The van der Waals surface area contributed by atoms with Crippen LogP contribution in [0.5, 0.6) is 0 Å². The van der Waals surface area contributed by atoms with Crippen LogP contribution in [0.25, 0.3) is 10.2 Å². The Morgan fingerprint density at radius 3 is 2.21 bits per heavy atom. The second kappa shape index (κ2) is 19.4. The van der Waals surface area contributed by atoms with E-state index in [1.165, 1.54) is 24.0 Å². The van der Waals surface area contributed by atoms with Gasteiger partial charge >= 0.3 is 5.97 Å². The van der Waals surface area contributed by atoms with Crippen LogP contribution in [0.4, 0.5) is 0 Å². The van der Waals surface area contributed by atoms with Crippen molar-refractivity contribution in [3.63, 3.8) is 0 Å². The normalized spacial score (nSPS) is 14.8. The minimum Gasteiger partial charge on any atom is -0.469 e. The zero-order valence-electron chi connectivity index (χ0n) is 29.1. The number of hydrogen-bond donors (Lipinski definition) is 4. The lowest BCUT2D eigenvalue weighted by atomic mass is 9.86. The zero-order chi connectivity index (χ0) is 35.3. The molecule has 2 aromatic rings. The van der Waals surface area contributed by atoms with Crippen LogP contribution in [-0.4, -0.2) is 60.2 Å². The number of primary amides is 1. The van der Waals surface area contributed by atoms with Gasteiger partial charge in [0.15, 0.2) is 5.78 Å². The minimum absolute atomic E-state index is 0.119. The van der Waals surface area contributed by atoms with Crippen molar-refractivity contribution in [2.45, 2.75) is 111 Å². The number of ether oxygens (including phenoxy) is 1. The smallest absolute Gasteiger partial charge is 0.306 e. The van der Waals surface area contributed by atoms with Crippen LogP contribution in [0.2, 0.25) is 0 Å². The van der Waals surface area contributed by atoms with Crippen LogP contribution in [0.1, 0.15) is 103 Å². The fourth-order valence-electron chi connectivity index (χ4n) is 5.47. The molecular weight excluding hydrogens is 618 g/mol. The van der Waals surface area contributed by atoms with Crippen LogP contribution in [0.3, 0.4) is 0 Å². The number of Topliss-reactive ketones (excluding diaryl/α,β-unsaturated/α-hetero) is 1. The van der Waals surface area contributed by atoms with Gasteiger partial charge in [0.1, 0.15) is 6.04 Å². The van der Waals surface area contributed by atoms with Crippen molar-refractivity contribution < 1.29 is 28.7 Å². The molecule has 11 nitrogen and oxygen atoms in total. The van der Waals surface area contributed by atoms with E-state index >= 15 is 0 Å². The molecule has 5 atom stereocenters. The molecule has 1 aromatic carbocycles. The summed E-state index contributed by atoms with van der Waals surface area (Å²) < 4.78 is 5.90. The highest BCUT2D eigenvalue weighted by Gasteiger charge is 2.34. The number of hydrogen-bond acceptors (Lipinski definition) is 9. The molecule has 0 spiro atoms. The molecule has 0 aliphatic heterocycles. The average molecular weight is 674 g/mol. The van der Waals surface area contributed by atoms with E-state index in [1.54, 1.807) is 0 Å². The molecule has 0 unspecified atom stereocenters. The van der Waals surface area contributed by atoms with Crippen LogP contribution in [-0.2, 0) is 35.1 Å². The number of unbranched alkanes of at least 4 members (excludes halogenated alkanes) is 1. The van der Waals surface area contributed by atoms with Gasteiger partial charge < -0.3 is 26.8 Å². The molecule has 12 heteroatoms. The number of ketones is 1. The van der Waals surface area contributed by atoms with Gasteiger partial charge in [-0.2, -0.15) is 0 Å². The largest absolute Gasteiger partial charge is 0.469 e. The van der Waals surface area contributed by atoms with Gasteiger partial charge in [0.05, 0.1) is 40.7 Å². The molecule has 47 heavy (non-hydrogen) atoms. The van der Waals surface area contributed by atoms with E-state index in [2.05, 4.69) is 30.5 Å². The maximum Gasteiger partial charge on any atom is 0.306 e. The number of thiazole rings is 1. The Labute approximate surface area is 283 Å². The fourth-order valence-corrected chi connectivity index (χ4v) is 6.57. The van der Waals surface area contributed by atoms with E-state index < -0.39 is 47.6 Å². The Kier molecular flexibility index (Phi) is 16.5. The predicted octanol–water partition coefficient (Wildman–Crippen LogP) is 4.39. The topological polar surface area (TPSA) is 184 Å². The summed E-state index contributed by atoms with van der Waals surface area (Å²) in [4.78, 5) is 70.3. The first-order chi connectivity index (χ1) is 22.2. The molecular formula is C35H55N5O6S. The SMILES string of the molecule is CC[C@H](C)[C@H](NC(=O)[C@@H](CC(=O)OC)Cc1nc2ccc(C(C)C)cc2s1)C(=O)C[C@@H](CCCCN)C(=O)N[C@@H](CC(C)C)C(N)=O. The highest BCUT2D eigenvalue weighted by atomic mass is 32.1. The van der Waals surface area contributed by atoms with Crippen molar-refractivity contribution in [1.82, 2.24) is 15.6 Å². The number of carbonyl (C=O) groups is 5. The first-order valence-corrected chi connectivity index (χ1v) is 17.6. The van der Waals surface area contributed by atoms with Crippen LogP contribution >= 0.6 is 11.3 Å². The van der Waals surface area contributed by atoms with Crippen molar-refractivity contribution in [2.75, 3.05) is 13.7 Å². The minimum atomic E-state index is -0.885. The molecule has 0 aliphatic carbocycles.